The Labute approximate surface area is 109 Å². The minimum Gasteiger partial charge on any atom is -0.362 e. The summed E-state index contributed by atoms with van der Waals surface area (Å²) >= 11 is 8.16. The van der Waals surface area contributed by atoms with Gasteiger partial charge in [-0.3, -0.25) is 0 Å². The molecule has 2 N–H and O–H groups in total. The van der Waals surface area contributed by atoms with Crippen molar-refractivity contribution in [3.05, 3.63) is 28.5 Å². The molecule has 0 fully saturated rings. The van der Waals surface area contributed by atoms with Crippen LogP contribution < -0.4 is 10.6 Å². The van der Waals surface area contributed by atoms with Crippen LogP contribution in [-0.2, 0) is 0 Å². The molecule has 1 aromatic rings. The Morgan fingerprint density at radius 3 is 2.88 bits per heavy atom. The number of hydrogen-bond donors (Lipinski definition) is 2. The lowest BCUT2D eigenvalue weighted by atomic mass is 10.3. The Morgan fingerprint density at radius 2 is 2.25 bits per heavy atom. The van der Waals surface area contributed by atoms with Gasteiger partial charge in [-0.1, -0.05) is 13.3 Å². The van der Waals surface area contributed by atoms with Crippen LogP contribution >= 0.6 is 28.1 Å². The molecule has 0 unspecified atom stereocenters. The summed E-state index contributed by atoms with van der Waals surface area (Å²) in [6.07, 6.45) is 2.18. The van der Waals surface area contributed by atoms with Gasteiger partial charge in [-0.25, -0.2) is 4.39 Å². The molecule has 0 saturated carbocycles. The van der Waals surface area contributed by atoms with E-state index in [-0.39, 0.29) is 5.82 Å². The third kappa shape index (κ3) is 4.45. The van der Waals surface area contributed by atoms with Crippen molar-refractivity contribution >= 4 is 38.9 Å². The van der Waals surface area contributed by atoms with Crippen LogP contribution in [0.15, 0.2) is 22.7 Å². The van der Waals surface area contributed by atoms with E-state index >= 15 is 0 Å². The molecule has 0 radical (unpaired) electrons. The molecule has 0 saturated heterocycles. The fourth-order valence-electron chi connectivity index (χ4n) is 1.13. The molecule has 0 bridgehead atoms. The summed E-state index contributed by atoms with van der Waals surface area (Å²) in [6.45, 7) is 2.95. The second-order valence-corrected chi connectivity index (χ2v) is 4.63. The zero-order valence-corrected chi connectivity index (χ0v) is 11.4. The average molecular weight is 305 g/mol. The first-order chi connectivity index (χ1) is 7.63. The Balaban J connectivity index is 2.46. The molecule has 16 heavy (non-hydrogen) atoms. The normalized spacial score (nSPS) is 9.94. The molecule has 1 rings (SSSR count). The van der Waals surface area contributed by atoms with Crippen molar-refractivity contribution in [3.63, 3.8) is 0 Å². The van der Waals surface area contributed by atoms with Crippen LogP contribution in [0, 0.1) is 5.82 Å². The molecule has 0 heterocycles. The van der Waals surface area contributed by atoms with Gasteiger partial charge in [-0.2, -0.15) is 0 Å². The van der Waals surface area contributed by atoms with Crippen molar-refractivity contribution in [1.82, 2.24) is 5.32 Å². The zero-order chi connectivity index (χ0) is 12.0. The number of hydrogen-bond acceptors (Lipinski definition) is 1. The van der Waals surface area contributed by atoms with Crippen molar-refractivity contribution in [2.24, 2.45) is 0 Å². The van der Waals surface area contributed by atoms with E-state index in [1.54, 1.807) is 12.1 Å². The second kappa shape index (κ2) is 6.81. The predicted octanol–water partition coefficient (Wildman–Crippen LogP) is 3.67. The van der Waals surface area contributed by atoms with E-state index in [9.17, 15) is 4.39 Å². The number of anilines is 1. The van der Waals surface area contributed by atoms with E-state index < -0.39 is 0 Å². The summed E-state index contributed by atoms with van der Waals surface area (Å²) in [6, 6.07) is 4.81. The fourth-order valence-corrected chi connectivity index (χ4v) is 1.59. The van der Waals surface area contributed by atoms with Crippen LogP contribution in [0.25, 0.3) is 0 Å². The van der Waals surface area contributed by atoms with Crippen LogP contribution in [0.3, 0.4) is 0 Å². The van der Waals surface area contributed by atoms with Gasteiger partial charge < -0.3 is 10.6 Å². The summed E-state index contributed by atoms with van der Waals surface area (Å²) < 4.78 is 13.6. The minimum absolute atomic E-state index is 0.304. The quantitative estimate of drug-likeness (QED) is 0.655. The molecule has 0 aliphatic rings. The van der Waals surface area contributed by atoms with Gasteiger partial charge in [0.1, 0.15) is 5.82 Å². The number of benzene rings is 1. The lowest BCUT2D eigenvalue weighted by Gasteiger charge is -2.10. The molecular weight excluding hydrogens is 291 g/mol. The summed E-state index contributed by atoms with van der Waals surface area (Å²) in [5.74, 6) is -0.304. The lowest BCUT2D eigenvalue weighted by molar-refractivity contribution is 0.622. The Morgan fingerprint density at radius 1 is 1.50 bits per heavy atom. The van der Waals surface area contributed by atoms with E-state index in [2.05, 4.69) is 33.5 Å². The maximum atomic E-state index is 13.2. The maximum Gasteiger partial charge on any atom is 0.170 e. The van der Waals surface area contributed by atoms with Crippen molar-refractivity contribution < 1.29 is 4.39 Å². The van der Waals surface area contributed by atoms with Crippen molar-refractivity contribution in [2.75, 3.05) is 11.9 Å². The minimum atomic E-state index is -0.304. The number of nitrogens with one attached hydrogen (secondary N) is 2. The fraction of sp³-hybridized carbons (Fsp3) is 0.364. The summed E-state index contributed by atoms with van der Waals surface area (Å²) in [4.78, 5) is 0. The molecule has 0 aromatic heterocycles. The van der Waals surface area contributed by atoms with Crippen LogP contribution in [0.1, 0.15) is 19.8 Å². The molecule has 2 nitrogen and oxygen atoms in total. The molecule has 88 valence electrons. The average Bonchev–Trinajstić information content (AvgIpc) is 2.24. The molecule has 0 spiro atoms. The highest BCUT2D eigenvalue weighted by molar-refractivity contribution is 9.10. The Hall–Kier alpha value is -0.680. The van der Waals surface area contributed by atoms with Crippen molar-refractivity contribution in [3.8, 4) is 0 Å². The number of unbranched alkanes of at least 4 members (excludes halogenated alkanes) is 1. The van der Waals surface area contributed by atoms with Crippen LogP contribution in [0.4, 0.5) is 10.1 Å². The van der Waals surface area contributed by atoms with Gasteiger partial charge >= 0.3 is 0 Å². The smallest absolute Gasteiger partial charge is 0.170 e. The van der Waals surface area contributed by atoms with Crippen LogP contribution in [-0.4, -0.2) is 11.7 Å². The Kier molecular flexibility index (Phi) is 5.69. The van der Waals surface area contributed by atoms with E-state index in [0.717, 1.165) is 19.4 Å². The summed E-state index contributed by atoms with van der Waals surface area (Å²) in [7, 11) is 0. The van der Waals surface area contributed by atoms with Gasteiger partial charge in [-0.05, 0) is 52.8 Å². The molecule has 0 aliphatic heterocycles. The van der Waals surface area contributed by atoms with Gasteiger partial charge in [0.05, 0.1) is 4.47 Å². The van der Waals surface area contributed by atoms with Gasteiger partial charge in [0, 0.05) is 12.2 Å². The first-order valence-electron chi connectivity index (χ1n) is 5.13. The predicted molar refractivity (Wildman–Crippen MR) is 73.2 cm³/mol. The van der Waals surface area contributed by atoms with Crippen LogP contribution in [0.2, 0.25) is 0 Å². The molecule has 0 amide bonds. The maximum absolute atomic E-state index is 13.2. The first-order valence-corrected chi connectivity index (χ1v) is 6.33. The number of thiocarbonyl (C=S) groups is 1. The summed E-state index contributed by atoms with van der Waals surface area (Å²) in [5, 5.41) is 6.50. The summed E-state index contributed by atoms with van der Waals surface area (Å²) in [5.41, 5.74) is 0.648. The largest absolute Gasteiger partial charge is 0.362 e. The second-order valence-electron chi connectivity index (χ2n) is 3.36. The zero-order valence-electron chi connectivity index (χ0n) is 9.02. The van der Waals surface area contributed by atoms with Gasteiger partial charge in [-0.15, -0.1) is 0 Å². The number of rotatable bonds is 4. The molecular formula is C11H14BrFN2S. The van der Waals surface area contributed by atoms with E-state index in [1.165, 1.54) is 6.07 Å². The highest BCUT2D eigenvalue weighted by atomic mass is 79.9. The highest BCUT2D eigenvalue weighted by Gasteiger charge is 2.01. The Bertz CT molecular complexity index is 371. The van der Waals surface area contributed by atoms with Gasteiger partial charge in [0.2, 0.25) is 0 Å². The van der Waals surface area contributed by atoms with Gasteiger partial charge in [0.15, 0.2) is 5.11 Å². The van der Waals surface area contributed by atoms with E-state index in [1.807, 2.05) is 0 Å². The van der Waals surface area contributed by atoms with Crippen molar-refractivity contribution in [2.45, 2.75) is 19.8 Å². The van der Waals surface area contributed by atoms with E-state index in [4.69, 9.17) is 12.2 Å². The first kappa shape index (κ1) is 13.4. The molecule has 1 aromatic carbocycles. The van der Waals surface area contributed by atoms with E-state index in [0.29, 0.717) is 15.3 Å². The third-order valence-corrected chi connectivity index (χ3v) is 2.88. The monoisotopic (exact) mass is 304 g/mol. The lowest BCUT2D eigenvalue weighted by Crippen LogP contribution is -2.29. The number of halogens is 2. The third-order valence-electron chi connectivity index (χ3n) is 1.99. The molecule has 0 atom stereocenters. The standard InChI is InChI=1S/C11H14BrFN2S/c1-2-3-6-14-11(16)15-8-4-5-9(12)10(13)7-8/h4-5,7H,2-3,6H2,1H3,(H2,14,15,16). The SMILES string of the molecule is CCCCNC(=S)Nc1ccc(Br)c(F)c1. The van der Waals surface area contributed by atoms with Crippen molar-refractivity contribution in [1.29, 1.82) is 0 Å². The van der Waals surface area contributed by atoms with Crippen LogP contribution in [0.5, 0.6) is 0 Å². The highest BCUT2D eigenvalue weighted by Crippen LogP contribution is 2.19. The van der Waals surface area contributed by atoms with Gasteiger partial charge in [0.25, 0.3) is 0 Å². The molecule has 5 heteroatoms. The molecule has 0 aliphatic carbocycles. The topological polar surface area (TPSA) is 24.1 Å².